The number of benzene rings is 1. The molecule has 1 aliphatic rings. The Morgan fingerprint density at radius 1 is 1.25 bits per heavy atom. The van der Waals surface area contributed by atoms with Crippen LogP contribution < -0.4 is 10.1 Å². The maximum Gasteiger partial charge on any atom is 0.308 e. The number of esters is 2. The Labute approximate surface area is 287 Å². The summed E-state index contributed by atoms with van der Waals surface area (Å²) in [5.74, 6) is 2.02. The number of fused-ring (bicyclic) bond motifs is 1. The molecular formula is C33H38ClN5O8S. The number of rotatable bonds is 12. The van der Waals surface area contributed by atoms with Gasteiger partial charge in [-0.15, -0.1) is 6.42 Å². The summed E-state index contributed by atoms with van der Waals surface area (Å²) in [6, 6.07) is 3.69. The molecule has 1 aromatic carbocycles. The van der Waals surface area contributed by atoms with Gasteiger partial charge >= 0.3 is 11.9 Å². The van der Waals surface area contributed by atoms with Crippen molar-refractivity contribution in [3.05, 3.63) is 40.4 Å². The van der Waals surface area contributed by atoms with E-state index < -0.39 is 41.9 Å². The van der Waals surface area contributed by atoms with Crippen molar-refractivity contribution in [1.29, 1.82) is 0 Å². The smallest absolute Gasteiger partial charge is 0.308 e. The lowest BCUT2D eigenvalue weighted by molar-refractivity contribution is -0.157. The van der Waals surface area contributed by atoms with Gasteiger partial charge in [0.15, 0.2) is 27.7 Å². The monoisotopic (exact) mass is 699 g/mol. The zero-order valence-electron chi connectivity index (χ0n) is 27.6. The van der Waals surface area contributed by atoms with Crippen LogP contribution >= 0.6 is 23.4 Å². The summed E-state index contributed by atoms with van der Waals surface area (Å²) in [7, 11) is 0. The van der Waals surface area contributed by atoms with Crippen molar-refractivity contribution in [2.24, 2.45) is 0 Å². The van der Waals surface area contributed by atoms with Crippen LogP contribution in [0.2, 0.25) is 5.28 Å². The Morgan fingerprint density at radius 2 is 1.98 bits per heavy atom. The number of aryl methyl sites for hydroxylation is 2. The number of carbonyl (C=O) groups is 4. The summed E-state index contributed by atoms with van der Waals surface area (Å²) in [6.45, 7) is 9.79. The van der Waals surface area contributed by atoms with Gasteiger partial charge in [0.25, 0.3) is 0 Å². The lowest BCUT2D eigenvalue weighted by Gasteiger charge is -2.30. The number of amides is 1. The number of terminal acetylenes is 1. The van der Waals surface area contributed by atoms with E-state index in [9.17, 15) is 24.3 Å². The molecule has 1 aliphatic heterocycles. The van der Waals surface area contributed by atoms with Crippen molar-refractivity contribution in [1.82, 2.24) is 19.5 Å². The SMILES string of the molecule is C#C[C@]1(COC(=O)CC(C)(C)c2c(C)cc(C)cc2OC(C)=O)O[C@@H](n2cnc3c(NC(=O)CCCSC(C)=O)nc(Cl)nc32)C[C@@H]1O. The maximum absolute atomic E-state index is 13.2. The average Bonchev–Trinajstić information content (AvgIpc) is 3.54. The lowest BCUT2D eigenvalue weighted by Crippen LogP contribution is -2.43. The fourth-order valence-corrected chi connectivity index (χ4v) is 6.51. The third-order valence-electron chi connectivity index (χ3n) is 7.78. The molecule has 13 nitrogen and oxygen atoms in total. The number of hydrogen-bond acceptors (Lipinski definition) is 12. The Balaban J connectivity index is 1.47. The van der Waals surface area contributed by atoms with Crippen molar-refractivity contribution in [2.75, 3.05) is 17.7 Å². The molecule has 4 rings (SSSR count). The van der Waals surface area contributed by atoms with Crippen molar-refractivity contribution < 1.29 is 38.5 Å². The summed E-state index contributed by atoms with van der Waals surface area (Å²) >= 11 is 7.33. The van der Waals surface area contributed by atoms with Gasteiger partial charge in [-0.1, -0.05) is 37.6 Å². The molecule has 0 radical (unpaired) electrons. The summed E-state index contributed by atoms with van der Waals surface area (Å²) in [6.07, 6.45) is 5.69. The number of imidazole rings is 1. The fraction of sp³-hybridized carbons (Fsp3) is 0.485. The first-order chi connectivity index (χ1) is 22.5. The number of aliphatic hydroxyl groups is 1. The highest BCUT2D eigenvalue weighted by Gasteiger charge is 2.49. The number of aromatic nitrogens is 4. The highest BCUT2D eigenvalue weighted by molar-refractivity contribution is 8.13. The van der Waals surface area contributed by atoms with Gasteiger partial charge < -0.3 is 24.6 Å². The van der Waals surface area contributed by atoms with Gasteiger partial charge in [-0.2, -0.15) is 9.97 Å². The lowest BCUT2D eigenvalue weighted by atomic mass is 9.78. The van der Waals surface area contributed by atoms with Crippen molar-refractivity contribution >= 4 is 63.3 Å². The van der Waals surface area contributed by atoms with Crippen LogP contribution in [0.3, 0.4) is 0 Å². The van der Waals surface area contributed by atoms with E-state index in [2.05, 4.69) is 26.2 Å². The quantitative estimate of drug-likeness (QED) is 0.0888. The molecule has 0 spiro atoms. The fourth-order valence-electron chi connectivity index (χ4n) is 5.77. The predicted molar refractivity (Wildman–Crippen MR) is 179 cm³/mol. The van der Waals surface area contributed by atoms with E-state index in [1.807, 2.05) is 33.8 Å². The number of ether oxygens (including phenoxy) is 3. The van der Waals surface area contributed by atoms with Crippen molar-refractivity contribution in [3.63, 3.8) is 0 Å². The van der Waals surface area contributed by atoms with Crippen LogP contribution in [0.5, 0.6) is 5.75 Å². The second kappa shape index (κ2) is 15.0. The maximum atomic E-state index is 13.2. The van der Waals surface area contributed by atoms with Gasteiger partial charge in [0, 0.05) is 43.4 Å². The molecule has 48 heavy (non-hydrogen) atoms. The van der Waals surface area contributed by atoms with Gasteiger partial charge in [0.05, 0.1) is 12.7 Å². The van der Waals surface area contributed by atoms with E-state index in [0.29, 0.717) is 23.5 Å². The summed E-state index contributed by atoms with van der Waals surface area (Å²) in [5.41, 5.74) is 0.420. The molecule has 3 heterocycles. The Hall–Kier alpha value is -4.03. The molecule has 3 atom stereocenters. The standard InChI is InChI=1S/C33H38ClN5O8S/c1-8-33(16-45-26(44)15-32(6,7)27-19(3)12-18(2)13-22(27)46-20(4)40)23(42)14-25(47-33)39-17-35-28-29(37-31(34)38-30(28)39)36-24(43)10-9-11-48-21(5)41/h1,12-13,17,23,25,42H,9-11,14-16H2,2-7H3,(H,36,37,38,43)/t23-,25+,33+/m0/s1. The van der Waals surface area contributed by atoms with Crippen LogP contribution in [0.15, 0.2) is 18.5 Å². The predicted octanol–water partition coefficient (Wildman–Crippen LogP) is 4.58. The molecule has 3 aromatic rings. The number of carbonyl (C=O) groups excluding carboxylic acids is 4. The Morgan fingerprint density at radius 3 is 2.65 bits per heavy atom. The molecule has 1 fully saturated rings. The van der Waals surface area contributed by atoms with Gasteiger partial charge in [0.1, 0.15) is 24.7 Å². The van der Waals surface area contributed by atoms with Crippen LogP contribution in [-0.4, -0.2) is 71.7 Å². The molecule has 256 valence electrons. The largest absolute Gasteiger partial charge is 0.461 e. The van der Waals surface area contributed by atoms with E-state index in [1.165, 1.54) is 24.7 Å². The van der Waals surface area contributed by atoms with Crippen LogP contribution in [0.25, 0.3) is 11.2 Å². The van der Waals surface area contributed by atoms with Crippen LogP contribution in [0.1, 0.15) is 76.3 Å². The van der Waals surface area contributed by atoms with E-state index in [-0.39, 0.29) is 52.6 Å². The van der Waals surface area contributed by atoms with Crippen LogP contribution in [0, 0.1) is 26.2 Å². The van der Waals surface area contributed by atoms with E-state index in [0.717, 1.165) is 22.9 Å². The van der Waals surface area contributed by atoms with Crippen molar-refractivity contribution in [3.8, 4) is 18.1 Å². The number of halogens is 1. The Bertz CT molecular complexity index is 1790. The van der Waals surface area contributed by atoms with Gasteiger partial charge in [-0.3, -0.25) is 23.7 Å². The number of nitrogens with zero attached hydrogens (tertiary/aromatic N) is 4. The molecular weight excluding hydrogens is 662 g/mol. The number of hydrogen-bond donors (Lipinski definition) is 2. The highest BCUT2D eigenvalue weighted by Crippen LogP contribution is 2.40. The molecule has 0 bridgehead atoms. The van der Waals surface area contributed by atoms with Crippen LogP contribution in [0.4, 0.5) is 5.82 Å². The third-order valence-corrected chi connectivity index (χ3v) is 8.85. The van der Waals surface area contributed by atoms with E-state index in [1.54, 1.807) is 6.07 Å². The topological polar surface area (TPSA) is 172 Å². The molecule has 0 unspecified atom stereocenters. The number of aliphatic hydroxyl groups excluding tert-OH is 1. The molecule has 2 N–H and O–H groups in total. The molecule has 1 saturated heterocycles. The highest BCUT2D eigenvalue weighted by atomic mass is 35.5. The van der Waals surface area contributed by atoms with E-state index >= 15 is 0 Å². The zero-order valence-corrected chi connectivity index (χ0v) is 29.2. The third kappa shape index (κ3) is 8.51. The number of thioether (sulfide) groups is 1. The minimum absolute atomic E-state index is 0.00411. The summed E-state index contributed by atoms with van der Waals surface area (Å²) in [5, 5.41) is 13.6. The normalized spacial score (nSPS) is 19.1. The molecule has 0 saturated carbocycles. The minimum Gasteiger partial charge on any atom is -0.461 e. The molecule has 15 heteroatoms. The van der Waals surface area contributed by atoms with Gasteiger partial charge in [-0.05, 0) is 49.1 Å². The second-order valence-electron chi connectivity index (χ2n) is 12.3. The first kappa shape index (κ1) is 36.8. The van der Waals surface area contributed by atoms with Crippen molar-refractivity contribution in [2.45, 2.75) is 90.6 Å². The minimum atomic E-state index is -1.69. The first-order valence-corrected chi connectivity index (χ1v) is 16.5. The Kier molecular flexibility index (Phi) is 11.5. The zero-order chi connectivity index (χ0) is 35.4. The summed E-state index contributed by atoms with van der Waals surface area (Å²) in [4.78, 5) is 61.4. The molecule has 1 amide bonds. The number of anilines is 1. The summed E-state index contributed by atoms with van der Waals surface area (Å²) < 4.78 is 18.7. The van der Waals surface area contributed by atoms with Gasteiger partial charge in [-0.25, -0.2) is 4.98 Å². The first-order valence-electron chi connectivity index (χ1n) is 15.2. The second-order valence-corrected chi connectivity index (χ2v) is 13.9. The number of nitrogens with one attached hydrogen (secondary N) is 1. The molecule has 0 aliphatic carbocycles. The average molecular weight is 700 g/mol. The molecule has 2 aromatic heterocycles. The van der Waals surface area contributed by atoms with Crippen LogP contribution in [-0.2, 0) is 34.1 Å². The van der Waals surface area contributed by atoms with E-state index in [4.69, 9.17) is 32.2 Å². The van der Waals surface area contributed by atoms with Gasteiger partial charge in [0.2, 0.25) is 11.2 Å².